The molecule has 17 heavy (non-hydrogen) atoms. The maximum Gasteiger partial charge on any atom is 0.392 e. The van der Waals surface area contributed by atoms with Gasteiger partial charge in [0.1, 0.15) is 0 Å². The van der Waals surface area contributed by atoms with Gasteiger partial charge in [-0.2, -0.15) is 4.68 Å². The van der Waals surface area contributed by atoms with Gasteiger partial charge in [-0.05, 0) is 18.3 Å². The van der Waals surface area contributed by atoms with Crippen molar-refractivity contribution >= 4 is 11.7 Å². The third-order valence-corrected chi connectivity index (χ3v) is 2.39. The van der Waals surface area contributed by atoms with Crippen molar-refractivity contribution in [3.63, 3.8) is 0 Å². The molecule has 0 spiro atoms. The Labute approximate surface area is 97.9 Å². The highest BCUT2D eigenvalue weighted by atomic mass is 16.6. The zero-order valence-electron chi connectivity index (χ0n) is 9.71. The van der Waals surface area contributed by atoms with Gasteiger partial charge in [0.2, 0.25) is 0 Å². The molecule has 0 aliphatic heterocycles. The molecule has 0 saturated heterocycles. The van der Waals surface area contributed by atoms with E-state index in [1.54, 1.807) is 6.92 Å². The number of hydrogen-bond acceptors (Lipinski definition) is 5. The monoisotopic (exact) mass is 241 g/mol. The molecule has 0 fully saturated rings. The highest BCUT2D eigenvalue weighted by Crippen LogP contribution is 2.20. The summed E-state index contributed by atoms with van der Waals surface area (Å²) >= 11 is 0. The number of rotatable bonds is 5. The van der Waals surface area contributed by atoms with Crippen LogP contribution in [-0.4, -0.2) is 20.6 Å². The summed E-state index contributed by atoms with van der Waals surface area (Å²) in [5.74, 6) is 4.42. The average molecular weight is 241 g/mol. The first-order valence-electron chi connectivity index (χ1n) is 5.21. The van der Waals surface area contributed by atoms with E-state index in [-0.39, 0.29) is 5.82 Å². The fourth-order valence-electron chi connectivity index (χ4n) is 1.57. The molecule has 0 aliphatic carbocycles. The second kappa shape index (κ2) is 5.39. The van der Waals surface area contributed by atoms with Gasteiger partial charge in [0.15, 0.2) is 6.04 Å². The molecule has 0 aromatic carbocycles. The molecule has 0 bridgehead atoms. The summed E-state index contributed by atoms with van der Waals surface area (Å²) in [7, 11) is 0. The summed E-state index contributed by atoms with van der Waals surface area (Å²) in [5, 5.41) is 14.5. The molecule has 94 valence electrons. The molecular formula is C9H15N5O3. The van der Waals surface area contributed by atoms with Gasteiger partial charge >= 0.3 is 5.82 Å². The van der Waals surface area contributed by atoms with Crippen LogP contribution in [0, 0.1) is 17.0 Å². The Morgan fingerprint density at radius 1 is 1.76 bits per heavy atom. The van der Waals surface area contributed by atoms with E-state index in [4.69, 9.17) is 5.84 Å². The molecule has 1 aromatic heterocycles. The van der Waals surface area contributed by atoms with E-state index in [9.17, 15) is 14.9 Å². The van der Waals surface area contributed by atoms with E-state index >= 15 is 0 Å². The van der Waals surface area contributed by atoms with Crippen molar-refractivity contribution in [3.8, 4) is 0 Å². The number of carbonyl (C=O) groups is 1. The van der Waals surface area contributed by atoms with Crippen LogP contribution in [0.3, 0.4) is 0 Å². The Balaban J connectivity index is 3.06. The predicted octanol–water partition coefficient (Wildman–Crippen LogP) is 0.431. The molecule has 1 unspecified atom stereocenters. The van der Waals surface area contributed by atoms with Crippen molar-refractivity contribution in [3.05, 3.63) is 21.9 Å². The SMILES string of the molecule is CCCC(C(=O)NN)n1cc(C)c([N+](=O)[O-])n1. The summed E-state index contributed by atoms with van der Waals surface area (Å²) in [4.78, 5) is 21.6. The summed E-state index contributed by atoms with van der Waals surface area (Å²) < 4.78 is 1.29. The molecule has 0 saturated carbocycles. The van der Waals surface area contributed by atoms with Crippen LogP contribution in [0.15, 0.2) is 6.20 Å². The maximum atomic E-state index is 11.5. The number of hydrazine groups is 1. The first-order valence-corrected chi connectivity index (χ1v) is 5.21. The van der Waals surface area contributed by atoms with Crippen LogP contribution in [0.5, 0.6) is 0 Å². The van der Waals surface area contributed by atoms with Crippen LogP contribution in [-0.2, 0) is 4.79 Å². The van der Waals surface area contributed by atoms with Crippen LogP contribution in [0.4, 0.5) is 5.82 Å². The smallest absolute Gasteiger partial charge is 0.358 e. The summed E-state index contributed by atoms with van der Waals surface area (Å²) in [6, 6.07) is -0.614. The first kappa shape index (κ1) is 13.1. The number of nitro groups is 1. The Kier molecular flexibility index (Phi) is 4.16. The largest absolute Gasteiger partial charge is 0.392 e. The number of carbonyl (C=O) groups excluding carboxylic acids is 1. The number of aryl methyl sites for hydroxylation is 1. The summed E-state index contributed by atoms with van der Waals surface area (Å²) in [6.07, 6.45) is 2.74. The second-order valence-electron chi connectivity index (χ2n) is 3.69. The maximum absolute atomic E-state index is 11.5. The Morgan fingerprint density at radius 3 is 2.82 bits per heavy atom. The lowest BCUT2D eigenvalue weighted by Gasteiger charge is -2.11. The first-order chi connectivity index (χ1) is 8.01. The number of amides is 1. The Bertz CT molecular complexity index is 428. The fraction of sp³-hybridized carbons (Fsp3) is 0.556. The molecule has 8 heteroatoms. The van der Waals surface area contributed by atoms with Gasteiger partial charge < -0.3 is 10.1 Å². The van der Waals surface area contributed by atoms with Crippen LogP contribution in [0.25, 0.3) is 0 Å². The fourth-order valence-corrected chi connectivity index (χ4v) is 1.57. The van der Waals surface area contributed by atoms with Crippen LogP contribution in [0.1, 0.15) is 31.4 Å². The lowest BCUT2D eigenvalue weighted by molar-refractivity contribution is -0.390. The number of aromatic nitrogens is 2. The highest BCUT2D eigenvalue weighted by molar-refractivity contribution is 5.79. The van der Waals surface area contributed by atoms with Gasteiger partial charge in [0, 0.05) is 0 Å². The van der Waals surface area contributed by atoms with Crippen LogP contribution >= 0.6 is 0 Å². The molecule has 1 atom stereocenters. The lowest BCUT2D eigenvalue weighted by Crippen LogP contribution is -2.37. The molecular weight excluding hydrogens is 226 g/mol. The van der Waals surface area contributed by atoms with Gasteiger partial charge in [-0.1, -0.05) is 13.3 Å². The van der Waals surface area contributed by atoms with Gasteiger partial charge in [-0.3, -0.25) is 10.2 Å². The summed E-state index contributed by atoms with van der Waals surface area (Å²) in [5.41, 5.74) is 2.45. The Hall–Kier alpha value is -1.96. The van der Waals surface area contributed by atoms with E-state index < -0.39 is 16.9 Å². The molecule has 0 radical (unpaired) electrons. The van der Waals surface area contributed by atoms with Crippen molar-refractivity contribution in [1.82, 2.24) is 15.2 Å². The minimum absolute atomic E-state index is 0.240. The quantitative estimate of drug-likeness (QED) is 0.335. The average Bonchev–Trinajstić information content (AvgIpc) is 2.67. The van der Waals surface area contributed by atoms with E-state index in [1.165, 1.54) is 10.9 Å². The minimum atomic E-state index is -0.614. The number of hydrogen-bond donors (Lipinski definition) is 2. The zero-order valence-corrected chi connectivity index (χ0v) is 9.71. The zero-order chi connectivity index (χ0) is 13.0. The molecule has 0 aliphatic rings. The van der Waals surface area contributed by atoms with Gasteiger partial charge in [-0.25, -0.2) is 5.84 Å². The minimum Gasteiger partial charge on any atom is -0.358 e. The third-order valence-electron chi connectivity index (χ3n) is 2.39. The number of nitrogens with one attached hydrogen (secondary N) is 1. The van der Waals surface area contributed by atoms with Crippen molar-refractivity contribution in [2.45, 2.75) is 32.7 Å². The normalized spacial score (nSPS) is 12.2. The predicted molar refractivity (Wildman–Crippen MR) is 59.9 cm³/mol. The van der Waals surface area contributed by atoms with Gasteiger partial charge in [0.25, 0.3) is 5.91 Å². The van der Waals surface area contributed by atoms with Gasteiger partial charge in [-0.15, -0.1) is 0 Å². The lowest BCUT2D eigenvalue weighted by atomic mass is 10.1. The molecule has 1 aromatic rings. The van der Waals surface area contributed by atoms with Crippen molar-refractivity contribution in [2.75, 3.05) is 0 Å². The topological polar surface area (TPSA) is 116 Å². The highest BCUT2D eigenvalue weighted by Gasteiger charge is 2.26. The van der Waals surface area contributed by atoms with E-state index in [0.29, 0.717) is 12.0 Å². The molecule has 3 N–H and O–H groups in total. The number of nitrogens with two attached hydrogens (primary N) is 1. The van der Waals surface area contributed by atoms with Crippen LogP contribution in [0.2, 0.25) is 0 Å². The van der Waals surface area contributed by atoms with Crippen molar-refractivity contribution in [1.29, 1.82) is 0 Å². The molecule has 1 amide bonds. The standard InChI is InChI=1S/C9H15N5O3/c1-3-4-7(9(15)11-10)13-5-6(2)8(12-13)14(16)17/h5,7H,3-4,10H2,1-2H3,(H,11,15). The summed E-state index contributed by atoms with van der Waals surface area (Å²) in [6.45, 7) is 3.48. The van der Waals surface area contributed by atoms with Gasteiger partial charge in [0.05, 0.1) is 16.9 Å². The van der Waals surface area contributed by atoms with Crippen molar-refractivity contribution < 1.29 is 9.72 Å². The molecule has 1 rings (SSSR count). The molecule has 8 nitrogen and oxygen atoms in total. The molecule has 1 heterocycles. The van der Waals surface area contributed by atoms with E-state index in [0.717, 1.165) is 6.42 Å². The van der Waals surface area contributed by atoms with Crippen molar-refractivity contribution in [2.24, 2.45) is 5.84 Å². The number of nitrogens with zero attached hydrogens (tertiary/aromatic N) is 3. The van der Waals surface area contributed by atoms with Crippen LogP contribution < -0.4 is 11.3 Å². The van der Waals surface area contributed by atoms with E-state index in [2.05, 4.69) is 5.10 Å². The van der Waals surface area contributed by atoms with E-state index in [1.807, 2.05) is 12.3 Å². The third kappa shape index (κ3) is 2.78. The second-order valence-corrected chi connectivity index (χ2v) is 3.69. The Morgan fingerprint density at radius 2 is 2.41 bits per heavy atom.